The number of nitrogens with one attached hydrogen (secondary N) is 1. The zero-order valence-corrected chi connectivity index (χ0v) is 14.2. The summed E-state index contributed by atoms with van der Waals surface area (Å²) in [6.45, 7) is 10.6. The fourth-order valence-electron chi connectivity index (χ4n) is 1.69. The summed E-state index contributed by atoms with van der Waals surface area (Å²) in [5.41, 5.74) is -0.373. The van der Waals surface area contributed by atoms with Crippen LogP contribution >= 0.6 is 0 Å². The zero-order chi connectivity index (χ0) is 16.5. The van der Waals surface area contributed by atoms with E-state index in [9.17, 15) is 9.59 Å². The van der Waals surface area contributed by atoms with Crippen LogP contribution in [0.2, 0.25) is 0 Å². The second-order valence-electron chi connectivity index (χ2n) is 6.10. The zero-order valence-electron chi connectivity index (χ0n) is 14.2. The molecular formula is C16H30N2O3. The van der Waals surface area contributed by atoms with Crippen LogP contribution in [-0.4, -0.2) is 43.1 Å². The van der Waals surface area contributed by atoms with Gasteiger partial charge in [-0.15, -0.1) is 0 Å². The molecule has 21 heavy (non-hydrogen) atoms. The molecule has 0 bridgehead atoms. The summed E-state index contributed by atoms with van der Waals surface area (Å²) >= 11 is 0. The largest absolute Gasteiger partial charge is 0.449 e. The SMILES string of the molecule is CCC=CCCOC(=O)NC(C(=O)N(C)CC)C(C)(C)C. The summed E-state index contributed by atoms with van der Waals surface area (Å²) in [5.74, 6) is -0.104. The highest BCUT2D eigenvalue weighted by atomic mass is 16.5. The summed E-state index contributed by atoms with van der Waals surface area (Å²) in [6.07, 6.45) is 5.11. The van der Waals surface area contributed by atoms with Gasteiger partial charge in [0.05, 0.1) is 6.61 Å². The number of nitrogens with zero attached hydrogens (tertiary/aromatic N) is 1. The summed E-state index contributed by atoms with van der Waals surface area (Å²) in [7, 11) is 1.73. The van der Waals surface area contributed by atoms with Crippen molar-refractivity contribution in [3.8, 4) is 0 Å². The number of hydrogen-bond donors (Lipinski definition) is 1. The molecule has 0 rings (SSSR count). The molecule has 0 aliphatic heterocycles. The lowest BCUT2D eigenvalue weighted by atomic mass is 9.86. The molecule has 1 unspecified atom stereocenters. The number of carbonyl (C=O) groups excluding carboxylic acids is 2. The molecule has 122 valence electrons. The molecule has 0 aliphatic carbocycles. The average molecular weight is 298 g/mol. The Morgan fingerprint density at radius 2 is 1.86 bits per heavy atom. The van der Waals surface area contributed by atoms with E-state index in [0.717, 1.165) is 6.42 Å². The highest BCUT2D eigenvalue weighted by molar-refractivity contribution is 5.86. The highest BCUT2D eigenvalue weighted by Crippen LogP contribution is 2.21. The molecule has 0 radical (unpaired) electrons. The van der Waals surface area contributed by atoms with Crippen molar-refractivity contribution in [1.29, 1.82) is 0 Å². The number of ether oxygens (including phenoxy) is 1. The van der Waals surface area contributed by atoms with E-state index in [2.05, 4.69) is 5.32 Å². The Morgan fingerprint density at radius 1 is 1.24 bits per heavy atom. The second kappa shape index (κ2) is 9.42. The van der Waals surface area contributed by atoms with Crippen LogP contribution in [0.3, 0.4) is 0 Å². The molecule has 0 aromatic rings. The van der Waals surface area contributed by atoms with Crippen molar-refractivity contribution < 1.29 is 14.3 Å². The van der Waals surface area contributed by atoms with Crippen LogP contribution in [0.1, 0.15) is 47.5 Å². The Balaban J connectivity index is 4.51. The third-order valence-corrected chi connectivity index (χ3v) is 3.15. The Bertz CT molecular complexity index is 359. The van der Waals surface area contributed by atoms with Gasteiger partial charge in [0, 0.05) is 13.6 Å². The number of rotatable bonds is 7. The van der Waals surface area contributed by atoms with Crippen molar-refractivity contribution in [1.82, 2.24) is 10.2 Å². The lowest BCUT2D eigenvalue weighted by Gasteiger charge is -2.32. The molecule has 0 saturated heterocycles. The maximum atomic E-state index is 12.3. The van der Waals surface area contributed by atoms with Gasteiger partial charge < -0.3 is 15.0 Å². The van der Waals surface area contributed by atoms with Crippen molar-refractivity contribution in [2.24, 2.45) is 5.41 Å². The molecule has 0 heterocycles. The maximum Gasteiger partial charge on any atom is 0.407 e. The molecule has 1 N–H and O–H groups in total. The number of amides is 2. The Kier molecular flexibility index (Phi) is 8.74. The lowest BCUT2D eigenvalue weighted by molar-refractivity contribution is -0.134. The van der Waals surface area contributed by atoms with Crippen LogP contribution in [0.5, 0.6) is 0 Å². The van der Waals surface area contributed by atoms with E-state index in [4.69, 9.17) is 4.74 Å². The number of likely N-dealkylation sites (N-methyl/N-ethyl adjacent to an activating group) is 1. The van der Waals surface area contributed by atoms with E-state index in [0.29, 0.717) is 19.6 Å². The van der Waals surface area contributed by atoms with Gasteiger partial charge in [0.15, 0.2) is 0 Å². The molecule has 0 aliphatic rings. The van der Waals surface area contributed by atoms with Crippen LogP contribution < -0.4 is 5.32 Å². The average Bonchev–Trinajstić information content (AvgIpc) is 2.41. The van der Waals surface area contributed by atoms with Gasteiger partial charge in [-0.3, -0.25) is 4.79 Å². The van der Waals surface area contributed by atoms with Crippen LogP contribution in [0.4, 0.5) is 4.79 Å². The first kappa shape index (κ1) is 19.5. The first-order valence-corrected chi connectivity index (χ1v) is 7.57. The molecule has 5 heteroatoms. The monoisotopic (exact) mass is 298 g/mol. The van der Waals surface area contributed by atoms with Gasteiger partial charge >= 0.3 is 6.09 Å². The van der Waals surface area contributed by atoms with Gasteiger partial charge in [-0.2, -0.15) is 0 Å². The predicted octanol–water partition coefficient (Wildman–Crippen LogP) is 2.96. The van der Waals surface area contributed by atoms with Gasteiger partial charge in [0.1, 0.15) is 6.04 Å². The summed E-state index contributed by atoms with van der Waals surface area (Å²) in [5, 5.41) is 2.69. The molecule has 1 atom stereocenters. The Hall–Kier alpha value is -1.52. The van der Waals surface area contributed by atoms with E-state index in [1.54, 1.807) is 11.9 Å². The molecule has 0 aromatic carbocycles. The molecule has 0 saturated carbocycles. The third-order valence-electron chi connectivity index (χ3n) is 3.15. The van der Waals surface area contributed by atoms with E-state index in [-0.39, 0.29) is 11.3 Å². The summed E-state index contributed by atoms with van der Waals surface area (Å²) < 4.78 is 5.11. The van der Waals surface area contributed by atoms with Gasteiger partial charge in [-0.05, 0) is 25.2 Å². The van der Waals surface area contributed by atoms with Crippen molar-refractivity contribution >= 4 is 12.0 Å². The van der Waals surface area contributed by atoms with Gasteiger partial charge in [0.25, 0.3) is 0 Å². The fraction of sp³-hybridized carbons (Fsp3) is 0.750. The smallest absolute Gasteiger partial charge is 0.407 e. The van der Waals surface area contributed by atoms with Crippen LogP contribution in [-0.2, 0) is 9.53 Å². The Labute approximate surface area is 128 Å². The van der Waals surface area contributed by atoms with Crippen LogP contribution in [0.15, 0.2) is 12.2 Å². The number of allylic oxidation sites excluding steroid dienone is 1. The number of alkyl carbamates (subject to hydrolysis) is 1. The van der Waals surface area contributed by atoms with Crippen LogP contribution in [0.25, 0.3) is 0 Å². The molecule has 5 nitrogen and oxygen atoms in total. The minimum absolute atomic E-state index is 0.104. The first-order chi connectivity index (χ1) is 9.73. The quantitative estimate of drug-likeness (QED) is 0.580. The molecule has 2 amide bonds. The molecule has 0 spiro atoms. The first-order valence-electron chi connectivity index (χ1n) is 7.57. The topological polar surface area (TPSA) is 58.6 Å². The minimum Gasteiger partial charge on any atom is -0.449 e. The normalized spacial score (nSPS) is 13.0. The van der Waals surface area contributed by atoms with Gasteiger partial charge in [-0.25, -0.2) is 4.79 Å². The Morgan fingerprint density at radius 3 is 2.33 bits per heavy atom. The minimum atomic E-state index is -0.596. The van der Waals surface area contributed by atoms with Crippen molar-refractivity contribution in [2.45, 2.75) is 53.5 Å². The van der Waals surface area contributed by atoms with E-state index in [1.807, 2.05) is 46.8 Å². The number of hydrogen-bond acceptors (Lipinski definition) is 3. The lowest BCUT2D eigenvalue weighted by Crippen LogP contribution is -2.54. The van der Waals surface area contributed by atoms with E-state index >= 15 is 0 Å². The predicted molar refractivity (Wildman–Crippen MR) is 85.1 cm³/mol. The van der Waals surface area contributed by atoms with Gasteiger partial charge in [-0.1, -0.05) is 39.8 Å². The van der Waals surface area contributed by atoms with Crippen molar-refractivity contribution in [2.75, 3.05) is 20.2 Å². The maximum absolute atomic E-state index is 12.3. The van der Waals surface area contributed by atoms with Crippen molar-refractivity contribution in [3.63, 3.8) is 0 Å². The third kappa shape index (κ3) is 7.73. The standard InChI is InChI=1S/C16H30N2O3/c1-7-9-10-11-12-21-15(20)17-13(16(3,4)5)14(19)18(6)8-2/h9-10,13H,7-8,11-12H2,1-6H3,(H,17,20). The van der Waals surface area contributed by atoms with E-state index < -0.39 is 12.1 Å². The summed E-state index contributed by atoms with van der Waals surface area (Å²) in [6, 6.07) is -0.596. The molecule has 0 aromatic heterocycles. The van der Waals surface area contributed by atoms with E-state index in [1.165, 1.54) is 0 Å². The number of carbonyl (C=O) groups is 2. The highest BCUT2D eigenvalue weighted by Gasteiger charge is 2.34. The fourth-order valence-corrected chi connectivity index (χ4v) is 1.69. The molecular weight excluding hydrogens is 268 g/mol. The molecule has 0 fully saturated rings. The second-order valence-corrected chi connectivity index (χ2v) is 6.10. The van der Waals surface area contributed by atoms with Crippen molar-refractivity contribution in [3.05, 3.63) is 12.2 Å². The van der Waals surface area contributed by atoms with Crippen LogP contribution in [0, 0.1) is 5.41 Å². The summed E-state index contributed by atoms with van der Waals surface area (Å²) in [4.78, 5) is 25.7. The van der Waals surface area contributed by atoms with Gasteiger partial charge in [0.2, 0.25) is 5.91 Å².